The van der Waals surface area contributed by atoms with Gasteiger partial charge in [-0.1, -0.05) is 47.5 Å². The Kier molecular flexibility index (Phi) is 11.9. The number of nitrogens with zero attached hydrogens (tertiary/aromatic N) is 3. The highest BCUT2D eigenvalue weighted by molar-refractivity contribution is 6.36. The first-order valence-corrected chi connectivity index (χ1v) is 15.7. The Morgan fingerprint density at radius 1 is 0.911 bits per heavy atom. The fraction of sp³-hybridized carbons (Fsp3) is 0.424. The second-order valence-electron chi connectivity index (χ2n) is 11.5. The van der Waals surface area contributed by atoms with E-state index in [1.54, 1.807) is 30.2 Å². The highest BCUT2D eigenvalue weighted by Gasteiger charge is 2.41. The van der Waals surface area contributed by atoms with Crippen LogP contribution in [0.15, 0.2) is 65.0 Å². The van der Waals surface area contributed by atoms with Crippen molar-refractivity contribution in [3.05, 3.63) is 86.2 Å². The Labute approximate surface area is 273 Å². The number of dihydropyridines is 1. The van der Waals surface area contributed by atoms with Crippen molar-refractivity contribution in [2.24, 2.45) is 0 Å². The predicted octanol–water partition coefficient (Wildman–Crippen LogP) is 4.49. The molecule has 1 amide bonds. The van der Waals surface area contributed by atoms with Gasteiger partial charge < -0.3 is 30.1 Å². The number of rotatable bonds is 13. The number of piperazine rings is 1. The number of carbonyl (C=O) groups is 3. The third kappa shape index (κ3) is 8.38. The molecule has 0 aromatic heterocycles. The lowest BCUT2D eigenvalue weighted by Gasteiger charge is -2.36. The zero-order valence-electron chi connectivity index (χ0n) is 25.8. The molecule has 2 aromatic carbocycles. The lowest BCUT2D eigenvalue weighted by Crippen LogP contribution is -2.49. The van der Waals surface area contributed by atoms with E-state index in [0.29, 0.717) is 25.3 Å². The number of carboxylic acid groups (broad SMARTS) is 2. The van der Waals surface area contributed by atoms with Crippen molar-refractivity contribution in [1.82, 2.24) is 20.0 Å². The number of benzene rings is 2. The Morgan fingerprint density at radius 3 is 2.13 bits per heavy atom. The third-order valence-electron chi connectivity index (χ3n) is 8.25. The van der Waals surface area contributed by atoms with E-state index in [0.717, 1.165) is 38.2 Å². The Hall–Kier alpha value is -3.57. The summed E-state index contributed by atoms with van der Waals surface area (Å²) in [5.41, 5.74) is 0.984. The maximum atomic E-state index is 13.6. The van der Waals surface area contributed by atoms with Crippen molar-refractivity contribution >= 4 is 41.0 Å². The molecule has 1 atom stereocenters. The summed E-state index contributed by atoms with van der Waals surface area (Å²) in [5.74, 6) is -3.58. The van der Waals surface area contributed by atoms with E-state index in [1.807, 2.05) is 38.4 Å². The van der Waals surface area contributed by atoms with Gasteiger partial charge in [-0.25, -0.2) is 9.59 Å². The van der Waals surface area contributed by atoms with Crippen LogP contribution in [0.5, 0.6) is 5.75 Å². The monoisotopic (exact) mass is 658 g/mol. The molecule has 2 heterocycles. The summed E-state index contributed by atoms with van der Waals surface area (Å²) in [6.45, 7) is 4.42. The molecule has 1 unspecified atom stereocenters. The topological polar surface area (TPSA) is 123 Å². The summed E-state index contributed by atoms with van der Waals surface area (Å²) in [5, 5.41) is 24.4. The van der Waals surface area contributed by atoms with E-state index < -0.39 is 17.9 Å². The minimum atomic E-state index is -1.36. The second kappa shape index (κ2) is 15.6. The van der Waals surface area contributed by atoms with Crippen LogP contribution in [-0.4, -0.2) is 103 Å². The molecule has 2 aliphatic heterocycles. The van der Waals surface area contributed by atoms with Crippen molar-refractivity contribution in [3.63, 3.8) is 0 Å². The van der Waals surface area contributed by atoms with Gasteiger partial charge in [-0.2, -0.15) is 0 Å². The zero-order chi connectivity index (χ0) is 32.7. The van der Waals surface area contributed by atoms with Gasteiger partial charge in [0.15, 0.2) is 0 Å². The number of carboxylic acids is 2. The first-order valence-electron chi connectivity index (χ1n) is 14.9. The third-order valence-corrected chi connectivity index (χ3v) is 8.91. The first-order chi connectivity index (χ1) is 21.5. The molecule has 0 aliphatic carbocycles. The van der Waals surface area contributed by atoms with Gasteiger partial charge in [0.05, 0.1) is 30.6 Å². The van der Waals surface area contributed by atoms with Crippen molar-refractivity contribution in [3.8, 4) is 5.75 Å². The number of amides is 1. The highest BCUT2D eigenvalue weighted by Crippen LogP contribution is 2.45. The fourth-order valence-corrected chi connectivity index (χ4v) is 6.61. The Balaban J connectivity index is 1.68. The molecule has 1 saturated heterocycles. The van der Waals surface area contributed by atoms with E-state index in [2.05, 4.69) is 15.1 Å². The second-order valence-corrected chi connectivity index (χ2v) is 12.3. The van der Waals surface area contributed by atoms with Crippen LogP contribution in [-0.2, 0) is 20.8 Å². The summed E-state index contributed by atoms with van der Waals surface area (Å²) in [6, 6.07) is 12.1. The molecule has 0 bridgehead atoms. The highest BCUT2D eigenvalue weighted by atomic mass is 35.5. The van der Waals surface area contributed by atoms with Crippen molar-refractivity contribution in [2.75, 3.05) is 60.5 Å². The van der Waals surface area contributed by atoms with E-state index >= 15 is 0 Å². The van der Waals surface area contributed by atoms with Gasteiger partial charge in [0.25, 0.3) is 0 Å². The van der Waals surface area contributed by atoms with Crippen LogP contribution >= 0.6 is 23.2 Å². The summed E-state index contributed by atoms with van der Waals surface area (Å²) in [7, 11) is 5.64. The number of hydrogen-bond donors (Lipinski definition) is 3. The van der Waals surface area contributed by atoms with E-state index in [-0.39, 0.29) is 56.9 Å². The molecule has 0 radical (unpaired) electrons. The van der Waals surface area contributed by atoms with Crippen LogP contribution in [0.4, 0.5) is 0 Å². The van der Waals surface area contributed by atoms with Gasteiger partial charge in [0, 0.05) is 53.2 Å². The molecule has 12 heteroatoms. The molecule has 45 heavy (non-hydrogen) atoms. The minimum Gasteiger partial charge on any atom is -0.496 e. The molecular formula is C33H40Cl2N4O6. The molecule has 0 saturated carbocycles. The van der Waals surface area contributed by atoms with Crippen LogP contribution in [0, 0.1) is 0 Å². The number of hydrogen-bond acceptors (Lipinski definition) is 7. The number of methoxy groups -OCH3 is 1. The zero-order valence-corrected chi connectivity index (χ0v) is 27.3. The number of allylic oxidation sites excluding steroid dienone is 1. The van der Waals surface area contributed by atoms with Crippen LogP contribution in [0.25, 0.3) is 0 Å². The summed E-state index contributed by atoms with van der Waals surface area (Å²) in [4.78, 5) is 45.6. The van der Waals surface area contributed by atoms with Crippen molar-refractivity contribution < 1.29 is 29.3 Å². The number of ether oxygens (including phenoxy) is 1. The standard InChI is InChI=1S/C33H40Cl2N4O6/c1-37(2)14-7-15-38-16-18-39(19-17-38)27(40)20-25-30(33(43)44)31(28-22(34)9-6-10-23(28)35)29(32(41)42)24(36-25)13-12-21-8-4-5-11-26(21)45-3/h4-6,8-11,31,36H,7,12-20H2,1-3H3,(H,41,42)(H,43,44). The Bertz CT molecular complexity index is 1460. The summed E-state index contributed by atoms with van der Waals surface area (Å²) in [6.07, 6.45) is 1.38. The van der Waals surface area contributed by atoms with Gasteiger partial charge >= 0.3 is 11.9 Å². The quantitative estimate of drug-likeness (QED) is 0.286. The van der Waals surface area contributed by atoms with Crippen LogP contribution in [0.2, 0.25) is 10.0 Å². The number of aryl methyl sites for hydroxylation is 1. The molecule has 4 rings (SSSR count). The van der Waals surface area contributed by atoms with Gasteiger partial charge in [-0.3, -0.25) is 9.69 Å². The van der Waals surface area contributed by atoms with Gasteiger partial charge in [-0.15, -0.1) is 0 Å². The van der Waals surface area contributed by atoms with Gasteiger partial charge in [0.2, 0.25) is 5.91 Å². The van der Waals surface area contributed by atoms with E-state index in [4.69, 9.17) is 27.9 Å². The molecule has 0 spiro atoms. The SMILES string of the molecule is COc1ccccc1CCC1=C(C(=O)O)C(c2c(Cl)cccc2Cl)C(C(=O)O)=C(CC(=O)N2CCN(CCCN(C)C)CC2)N1. The smallest absolute Gasteiger partial charge is 0.334 e. The predicted molar refractivity (Wildman–Crippen MR) is 174 cm³/mol. The fourth-order valence-electron chi connectivity index (χ4n) is 5.99. The van der Waals surface area contributed by atoms with Crippen molar-refractivity contribution in [1.29, 1.82) is 0 Å². The van der Waals surface area contributed by atoms with Gasteiger partial charge in [-0.05, 0) is 70.2 Å². The number of nitrogens with one attached hydrogen (secondary N) is 1. The van der Waals surface area contributed by atoms with Crippen molar-refractivity contribution in [2.45, 2.75) is 31.6 Å². The number of aliphatic carboxylic acids is 2. The first kappa shape index (κ1) is 34.3. The Morgan fingerprint density at radius 2 is 1.53 bits per heavy atom. The maximum Gasteiger partial charge on any atom is 0.334 e. The van der Waals surface area contributed by atoms with Gasteiger partial charge in [0.1, 0.15) is 5.75 Å². The van der Waals surface area contributed by atoms with Crippen LogP contribution < -0.4 is 10.1 Å². The lowest BCUT2D eigenvalue weighted by atomic mass is 9.78. The molecule has 242 valence electrons. The number of halogens is 2. The van der Waals surface area contributed by atoms with Crippen LogP contribution in [0.3, 0.4) is 0 Å². The molecule has 2 aromatic rings. The average molecular weight is 660 g/mol. The lowest BCUT2D eigenvalue weighted by molar-refractivity contribution is -0.133. The molecular weight excluding hydrogens is 619 g/mol. The van der Waals surface area contributed by atoms with E-state index in [1.165, 1.54) is 0 Å². The average Bonchev–Trinajstić information content (AvgIpc) is 2.99. The normalized spacial score (nSPS) is 17.5. The summed E-state index contributed by atoms with van der Waals surface area (Å²) < 4.78 is 5.48. The minimum absolute atomic E-state index is 0.127. The number of para-hydroxylation sites is 1. The van der Waals surface area contributed by atoms with Crippen LogP contribution in [0.1, 0.15) is 36.3 Å². The molecule has 10 nitrogen and oxygen atoms in total. The summed E-state index contributed by atoms with van der Waals surface area (Å²) >= 11 is 13.1. The molecule has 2 aliphatic rings. The molecule has 3 N–H and O–H groups in total. The largest absolute Gasteiger partial charge is 0.496 e. The molecule has 1 fully saturated rings. The van der Waals surface area contributed by atoms with E-state index in [9.17, 15) is 24.6 Å². The maximum absolute atomic E-state index is 13.6. The number of carbonyl (C=O) groups excluding carboxylic acids is 1.